The van der Waals surface area contributed by atoms with E-state index in [1.54, 1.807) is 18.2 Å². The molecule has 6 nitrogen and oxygen atoms in total. The zero-order valence-corrected chi connectivity index (χ0v) is 11.4. The Kier molecular flexibility index (Phi) is 2.56. The van der Waals surface area contributed by atoms with Crippen molar-refractivity contribution < 1.29 is 22.7 Å². The SMILES string of the molecule is CS(=O)(=O)[C@H]1[C@@H](c2ccc3c(c2)OCO3)[C@@]1(C#N)C=O. The molecule has 0 N–H and O–H groups in total. The normalized spacial score (nSPS) is 30.6. The molecule has 104 valence electrons. The molecule has 2 aliphatic rings. The summed E-state index contributed by atoms with van der Waals surface area (Å²) in [5.41, 5.74) is -0.903. The maximum absolute atomic E-state index is 11.8. The lowest BCUT2D eigenvalue weighted by molar-refractivity contribution is -0.110. The molecule has 0 bridgehead atoms. The Bertz CT molecular complexity index is 736. The van der Waals surface area contributed by atoms with Crippen molar-refractivity contribution in [1.29, 1.82) is 5.26 Å². The molecule has 1 saturated carbocycles. The van der Waals surface area contributed by atoms with Gasteiger partial charge in [-0.05, 0) is 17.7 Å². The van der Waals surface area contributed by atoms with E-state index in [-0.39, 0.29) is 6.79 Å². The summed E-state index contributed by atoms with van der Waals surface area (Å²) in [6, 6.07) is 6.81. The van der Waals surface area contributed by atoms with Gasteiger partial charge in [-0.25, -0.2) is 8.42 Å². The van der Waals surface area contributed by atoms with Gasteiger partial charge in [0.2, 0.25) is 6.79 Å². The van der Waals surface area contributed by atoms with Gasteiger partial charge in [-0.1, -0.05) is 6.07 Å². The summed E-state index contributed by atoms with van der Waals surface area (Å²) in [6.07, 6.45) is 1.48. The number of hydrogen-bond donors (Lipinski definition) is 0. The second kappa shape index (κ2) is 3.96. The molecule has 1 aliphatic heterocycles. The van der Waals surface area contributed by atoms with Crippen molar-refractivity contribution in [2.24, 2.45) is 5.41 Å². The summed E-state index contributed by atoms with van der Waals surface area (Å²) in [5, 5.41) is 8.21. The van der Waals surface area contributed by atoms with Crippen LogP contribution < -0.4 is 9.47 Å². The van der Waals surface area contributed by atoms with E-state index in [9.17, 15) is 18.5 Å². The van der Waals surface area contributed by atoms with Crippen LogP contribution in [0.3, 0.4) is 0 Å². The first-order valence-electron chi connectivity index (χ1n) is 5.90. The van der Waals surface area contributed by atoms with Gasteiger partial charge >= 0.3 is 0 Å². The molecule has 3 rings (SSSR count). The van der Waals surface area contributed by atoms with Gasteiger partial charge < -0.3 is 14.3 Å². The molecule has 0 saturated heterocycles. The zero-order valence-electron chi connectivity index (χ0n) is 10.6. The number of aldehydes is 1. The number of benzene rings is 1. The molecule has 3 atom stereocenters. The van der Waals surface area contributed by atoms with Crippen LogP contribution in [0.4, 0.5) is 0 Å². The third-order valence-electron chi connectivity index (χ3n) is 3.78. The summed E-state index contributed by atoms with van der Waals surface area (Å²) < 4.78 is 34.0. The standard InChI is InChI=1S/C13H11NO5S/c1-20(16,17)12-11(13(12,5-14)6-15)8-2-3-9-10(4-8)19-7-18-9/h2-4,6,11-12H,7H2,1H3/t11-,12+,13-/m1/s1. The van der Waals surface area contributed by atoms with E-state index in [1.165, 1.54) is 0 Å². The van der Waals surface area contributed by atoms with Crippen molar-refractivity contribution in [3.63, 3.8) is 0 Å². The summed E-state index contributed by atoms with van der Waals surface area (Å²) in [6.45, 7) is 0.107. The molecule has 0 spiro atoms. The summed E-state index contributed by atoms with van der Waals surface area (Å²) in [5.74, 6) is 0.410. The number of carbonyl (C=O) groups excluding carboxylic acids is 1. The second-order valence-electron chi connectivity index (χ2n) is 5.00. The van der Waals surface area contributed by atoms with E-state index >= 15 is 0 Å². The first-order valence-corrected chi connectivity index (χ1v) is 7.85. The Morgan fingerprint density at radius 3 is 2.65 bits per heavy atom. The number of rotatable bonds is 3. The van der Waals surface area contributed by atoms with Crippen molar-refractivity contribution in [3.8, 4) is 17.6 Å². The van der Waals surface area contributed by atoms with Crippen LogP contribution >= 0.6 is 0 Å². The highest BCUT2D eigenvalue weighted by Gasteiger charge is 2.71. The monoisotopic (exact) mass is 293 g/mol. The molecule has 1 fully saturated rings. The molecule has 1 heterocycles. The van der Waals surface area contributed by atoms with Gasteiger partial charge in [0, 0.05) is 12.2 Å². The van der Waals surface area contributed by atoms with Crippen LogP contribution in [0.1, 0.15) is 11.5 Å². The molecule has 1 aliphatic carbocycles. The quantitative estimate of drug-likeness (QED) is 0.759. The van der Waals surface area contributed by atoms with E-state index in [0.717, 1.165) is 6.26 Å². The Morgan fingerprint density at radius 1 is 1.40 bits per heavy atom. The molecule has 7 heteroatoms. The van der Waals surface area contributed by atoms with Crippen LogP contribution in [-0.4, -0.2) is 33.0 Å². The predicted octanol–water partition coefficient (Wildman–Crippen LogP) is 0.635. The summed E-state index contributed by atoms with van der Waals surface area (Å²) in [4.78, 5) is 11.3. The topological polar surface area (TPSA) is 93.5 Å². The highest BCUT2D eigenvalue weighted by Crippen LogP contribution is 2.61. The zero-order chi connectivity index (χ0) is 14.5. The lowest BCUT2D eigenvalue weighted by Crippen LogP contribution is -2.14. The first kappa shape index (κ1) is 12.9. The Balaban J connectivity index is 2.06. The third-order valence-corrected chi connectivity index (χ3v) is 5.37. The average Bonchev–Trinajstić information content (AvgIpc) is 2.89. The maximum atomic E-state index is 11.8. The van der Waals surface area contributed by atoms with Crippen LogP contribution in [0, 0.1) is 16.7 Å². The Labute approximate surface area is 115 Å². The smallest absolute Gasteiger partial charge is 0.231 e. The summed E-state index contributed by atoms with van der Waals surface area (Å²) >= 11 is 0. The predicted molar refractivity (Wildman–Crippen MR) is 68.0 cm³/mol. The van der Waals surface area contributed by atoms with Gasteiger partial charge in [0.1, 0.15) is 11.7 Å². The number of nitriles is 1. The van der Waals surface area contributed by atoms with Crippen molar-refractivity contribution >= 4 is 16.1 Å². The maximum Gasteiger partial charge on any atom is 0.231 e. The van der Waals surface area contributed by atoms with Crippen LogP contribution in [0.25, 0.3) is 0 Å². The Hall–Kier alpha value is -2.07. The minimum absolute atomic E-state index is 0.107. The highest BCUT2D eigenvalue weighted by atomic mass is 32.2. The van der Waals surface area contributed by atoms with Crippen LogP contribution in [0.15, 0.2) is 18.2 Å². The van der Waals surface area contributed by atoms with E-state index < -0.39 is 26.4 Å². The van der Waals surface area contributed by atoms with Gasteiger partial charge in [0.15, 0.2) is 21.3 Å². The van der Waals surface area contributed by atoms with Gasteiger partial charge in [-0.3, -0.25) is 0 Å². The second-order valence-corrected chi connectivity index (χ2v) is 7.17. The molecule has 1 aromatic rings. The molecule has 0 unspecified atom stereocenters. The van der Waals surface area contributed by atoms with E-state index in [2.05, 4.69) is 0 Å². The fourth-order valence-electron chi connectivity index (χ4n) is 2.83. The van der Waals surface area contributed by atoms with Crippen molar-refractivity contribution in [1.82, 2.24) is 0 Å². The van der Waals surface area contributed by atoms with Gasteiger partial charge in [-0.15, -0.1) is 0 Å². The molecule has 20 heavy (non-hydrogen) atoms. The van der Waals surface area contributed by atoms with Crippen molar-refractivity contribution in [3.05, 3.63) is 23.8 Å². The molecule has 0 aromatic heterocycles. The fourth-order valence-corrected chi connectivity index (χ4v) is 4.59. The lowest BCUT2D eigenvalue weighted by Gasteiger charge is -2.02. The minimum atomic E-state index is -3.50. The lowest BCUT2D eigenvalue weighted by atomic mass is 10.0. The average molecular weight is 293 g/mol. The molecule has 1 aromatic carbocycles. The number of carbonyl (C=O) groups is 1. The van der Waals surface area contributed by atoms with E-state index in [0.29, 0.717) is 23.3 Å². The Morgan fingerprint density at radius 2 is 2.10 bits per heavy atom. The van der Waals surface area contributed by atoms with Gasteiger partial charge in [0.05, 0.1) is 11.3 Å². The van der Waals surface area contributed by atoms with Crippen LogP contribution in [-0.2, 0) is 14.6 Å². The largest absolute Gasteiger partial charge is 0.454 e. The molecular formula is C13H11NO5S. The van der Waals surface area contributed by atoms with Crippen molar-refractivity contribution in [2.75, 3.05) is 13.0 Å². The van der Waals surface area contributed by atoms with Crippen LogP contribution in [0.5, 0.6) is 11.5 Å². The van der Waals surface area contributed by atoms with Gasteiger partial charge in [0.25, 0.3) is 0 Å². The molecule has 0 amide bonds. The minimum Gasteiger partial charge on any atom is -0.454 e. The molecular weight excluding hydrogens is 282 g/mol. The van der Waals surface area contributed by atoms with Gasteiger partial charge in [-0.2, -0.15) is 5.26 Å². The number of nitrogens with zero attached hydrogens (tertiary/aromatic N) is 1. The third kappa shape index (κ3) is 1.61. The van der Waals surface area contributed by atoms with Crippen LogP contribution in [0.2, 0.25) is 0 Å². The first-order chi connectivity index (χ1) is 9.44. The summed E-state index contributed by atoms with van der Waals surface area (Å²) in [7, 11) is -3.50. The fraction of sp³-hybridized carbons (Fsp3) is 0.385. The number of hydrogen-bond acceptors (Lipinski definition) is 6. The number of ether oxygens (including phenoxy) is 2. The molecule has 0 radical (unpaired) electrons. The van der Waals surface area contributed by atoms with Crippen molar-refractivity contribution in [2.45, 2.75) is 11.2 Å². The van der Waals surface area contributed by atoms with E-state index in [1.807, 2.05) is 6.07 Å². The highest BCUT2D eigenvalue weighted by molar-refractivity contribution is 7.91. The van der Waals surface area contributed by atoms with E-state index in [4.69, 9.17) is 9.47 Å². The number of fused-ring (bicyclic) bond motifs is 1. The number of sulfone groups is 1.